The van der Waals surface area contributed by atoms with E-state index < -0.39 is 0 Å². The third kappa shape index (κ3) is 4.70. The molecule has 0 spiro atoms. The molecule has 1 unspecified atom stereocenters. The van der Waals surface area contributed by atoms with E-state index in [0.717, 1.165) is 26.2 Å². The Hall–Kier alpha value is -0.690. The van der Waals surface area contributed by atoms with Crippen LogP contribution in [0, 0.1) is 0 Å². The predicted octanol–water partition coefficient (Wildman–Crippen LogP) is -0.508. The summed E-state index contributed by atoms with van der Waals surface area (Å²) >= 11 is 0. The number of amides is 1. The molecule has 3 N–H and O–H groups in total. The molecule has 6 heteroatoms. The Labute approximate surface area is 122 Å². The number of nitrogens with two attached hydrogens (primary N) is 1. The molecule has 0 aliphatic carbocycles. The fourth-order valence-corrected chi connectivity index (χ4v) is 2.43. The SMILES string of the molecule is COCCNC(=O)C(C)N1CCN(C(C)(C)CN)CC1. The van der Waals surface area contributed by atoms with Gasteiger partial charge in [0.1, 0.15) is 0 Å². The first kappa shape index (κ1) is 17.4. The fourth-order valence-electron chi connectivity index (χ4n) is 2.43. The summed E-state index contributed by atoms with van der Waals surface area (Å²) in [6, 6.07) is -0.0880. The molecule has 0 bridgehead atoms. The van der Waals surface area contributed by atoms with Crippen molar-refractivity contribution in [1.82, 2.24) is 15.1 Å². The molecule has 1 saturated heterocycles. The fraction of sp³-hybridized carbons (Fsp3) is 0.929. The topological polar surface area (TPSA) is 70.8 Å². The molecular weight excluding hydrogens is 256 g/mol. The smallest absolute Gasteiger partial charge is 0.237 e. The molecule has 118 valence electrons. The van der Waals surface area contributed by atoms with E-state index in [9.17, 15) is 4.79 Å². The maximum absolute atomic E-state index is 12.0. The Bertz CT molecular complexity index is 302. The molecule has 1 aliphatic rings. The highest BCUT2D eigenvalue weighted by molar-refractivity contribution is 5.81. The molecule has 0 aromatic rings. The molecule has 1 fully saturated rings. The number of hydrogen-bond acceptors (Lipinski definition) is 5. The summed E-state index contributed by atoms with van der Waals surface area (Å²) in [5.74, 6) is 0.0774. The zero-order chi connectivity index (χ0) is 15.2. The molecule has 0 aromatic carbocycles. The van der Waals surface area contributed by atoms with Crippen molar-refractivity contribution in [3.05, 3.63) is 0 Å². The van der Waals surface area contributed by atoms with E-state index in [-0.39, 0.29) is 17.5 Å². The van der Waals surface area contributed by atoms with E-state index in [2.05, 4.69) is 29.0 Å². The molecule has 1 heterocycles. The van der Waals surface area contributed by atoms with Crippen molar-refractivity contribution in [3.8, 4) is 0 Å². The first-order valence-corrected chi connectivity index (χ1v) is 7.38. The number of carbonyl (C=O) groups is 1. The molecule has 0 saturated carbocycles. The van der Waals surface area contributed by atoms with Gasteiger partial charge in [0.25, 0.3) is 0 Å². The van der Waals surface area contributed by atoms with Crippen molar-refractivity contribution in [2.24, 2.45) is 5.73 Å². The highest BCUT2D eigenvalue weighted by Crippen LogP contribution is 2.16. The van der Waals surface area contributed by atoms with Crippen molar-refractivity contribution in [2.75, 3.05) is 53.0 Å². The minimum atomic E-state index is -0.0880. The van der Waals surface area contributed by atoms with E-state index >= 15 is 0 Å². The van der Waals surface area contributed by atoms with E-state index in [0.29, 0.717) is 19.7 Å². The van der Waals surface area contributed by atoms with Crippen LogP contribution in [0.3, 0.4) is 0 Å². The Kier molecular flexibility index (Phi) is 6.88. The van der Waals surface area contributed by atoms with Crippen LogP contribution in [0.2, 0.25) is 0 Å². The van der Waals surface area contributed by atoms with Crippen LogP contribution in [-0.4, -0.2) is 80.3 Å². The maximum Gasteiger partial charge on any atom is 0.237 e. The van der Waals surface area contributed by atoms with Crippen LogP contribution in [0.4, 0.5) is 0 Å². The van der Waals surface area contributed by atoms with E-state index in [4.69, 9.17) is 10.5 Å². The lowest BCUT2D eigenvalue weighted by molar-refractivity contribution is -0.127. The number of piperazine rings is 1. The van der Waals surface area contributed by atoms with Crippen molar-refractivity contribution in [1.29, 1.82) is 0 Å². The zero-order valence-electron chi connectivity index (χ0n) is 13.3. The van der Waals surface area contributed by atoms with Crippen molar-refractivity contribution < 1.29 is 9.53 Å². The van der Waals surface area contributed by atoms with Gasteiger partial charge in [-0.25, -0.2) is 0 Å². The molecular formula is C14H30N4O2. The summed E-state index contributed by atoms with van der Waals surface area (Å²) in [5, 5.41) is 2.89. The number of carbonyl (C=O) groups excluding carboxylic acids is 1. The van der Waals surface area contributed by atoms with Crippen LogP contribution in [-0.2, 0) is 9.53 Å². The quantitative estimate of drug-likeness (QED) is 0.617. The highest BCUT2D eigenvalue weighted by Gasteiger charge is 2.31. The van der Waals surface area contributed by atoms with Gasteiger partial charge in [-0.2, -0.15) is 0 Å². The first-order chi connectivity index (χ1) is 9.42. The van der Waals surface area contributed by atoms with Crippen LogP contribution in [0.25, 0.3) is 0 Å². The van der Waals surface area contributed by atoms with Gasteiger partial charge in [-0.3, -0.25) is 14.6 Å². The van der Waals surface area contributed by atoms with Crippen molar-refractivity contribution in [2.45, 2.75) is 32.4 Å². The lowest BCUT2D eigenvalue weighted by atomic mass is 10.0. The molecule has 1 aliphatic heterocycles. The number of hydrogen-bond donors (Lipinski definition) is 2. The third-order valence-corrected chi connectivity index (χ3v) is 4.20. The summed E-state index contributed by atoms with van der Waals surface area (Å²) in [5.41, 5.74) is 5.85. The molecule has 0 aromatic heterocycles. The van der Waals surface area contributed by atoms with Gasteiger partial charge in [0, 0.05) is 51.9 Å². The van der Waals surface area contributed by atoms with Crippen LogP contribution in [0.15, 0.2) is 0 Å². The molecule has 1 amide bonds. The van der Waals surface area contributed by atoms with Crippen LogP contribution in [0.1, 0.15) is 20.8 Å². The Morgan fingerprint density at radius 1 is 1.35 bits per heavy atom. The van der Waals surface area contributed by atoms with E-state index in [1.807, 2.05) is 6.92 Å². The number of nitrogens with one attached hydrogen (secondary N) is 1. The van der Waals surface area contributed by atoms with E-state index in [1.165, 1.54) is 0 Å². The number of methoxy groups -OCH3 is 1. The van der Waals surface area contributed by atoms with Gasteiger partial charge in [0.2, 0.25) is 5.91 Å². The van der Waals surface area contributed by atoms with Gasteiger partial charge in [-0.1, -0.05) is 0 Å². The molecule has 1 atom stereocenters. The number of rotatable bonds is 7. The Morgan fingerprint density at radius 3 is 2.45 bits per heavy atom. The minimum absolute atomic E-state index is 0.0377. The van der Waals surface area contributed by atoms with Crippen molar-refractivity contribution in [3.63, 3.8) is 0 Å². The zero-order valence-corrected chi connectivity index (χ0v) is 13.3. The first-order valence-electron chi connectivity index (χ1n) is 7.38. The van der Waals surface area contributed by atoms with Crippen molar-refractivity contribution >= 4 is 5.91 Å². The second-order valence-electron chi connectivity index (χ2n) is 6.00. The van der Waals surface area contributed by atoms with Gasteiger partial charge >= 0.3 is 0 Å². The number of nitrogens with zero attached hydrogens (tertiary/aromatic N) is 2. The Balaban J connectivity index is 2.38. The molecule has 0 radical (unpaired) electrons. The van der Waals surface area contributed by atoms with E-state index in [1.54, 1.807) is 7.11 Å². The minimum Gasteiger partial charge on any atom is -0.383 e. The summed E-state index contributed by atoms with van der Waals surface area (Å²) in [7, 11) is 1.63. The largest absolute Gasteiger partial charge is 0.383 e. The second kappa shape index (κ2) is 7.93. The highest BCUT2D eigenvalue weighted by atomic mass is 16.5. The predicted molar refractivity (Wildman–Crippen MR) is 80.6 cm³/mol. The van der Waals surface area contributed by atoms with Crippen LogP contribution < -0.4 is 11.1 Å². The lowest BCUT2D eigenvalue weighted by Crippen LogP contribution is -2.60. The van der Waals surface area contributed by atoms with Crippen LogP contribution >= 0.6 is 0 Å². The van der Waals surface area contributed by atoms with Crippen LogP contribution in [0.5, 0.6) is 0 Å². The second-order valence-corrected chi connectivity index (χ2v) is 6.00. The summed E-state index contributed by atoms with van der Waals surface area (Å²) in [6.45, 7) is 11.8. The molecule has 6 nitrogen and oxygen atoms in total. The summed E-state index contributed by atoms with van der Waals surface area (Å²) in [6.07, 6.45) is 0. The average molecular weight is 286 g/mol. The normalized spacial score (nSPS) is 19.9. The van der Waals surface area contributed by atoms with Gasteiger partial charge in [0.05, 0.1) is 12.6 Å². The average Bonchev–Trinajstić information content (AvgIpc) is 2.46. The molecule has 1 rings (SSSR count). The van der Waals surface area contributed by atoms with Gasteiger partial charge in [-0.15, -0.1) is 0 Å². The standard InChI is InChI=1S/C14H30N4O2/c1-12(13(19)16-5-10-20-4)17-6-8-18(9-7-17)14(2,3)11-15/h12H,5-11,15H2,1-4H3,(H,16,19). The number of ether oxygens (including phenoxy) is 1. The maximum atomic E-state index is 12.0. The summed E-state index contributed by atoms with van der Waals surface area (Å²) in [4.78, 5) is 16.6. The lowest BCUT2D eigenvalue weighted by Gasteiger charge is -2.44. The third-order valence-electron chi connectivity index (χ3n) is 4.20. The van der Waals surface area contributed by atoms with Gasteiger partial charge in [0.15, 0.2) is 0 Å². The molecule has 20 heavy (non-hydrogen) atoms. The monoisotopic (exact) mass is 286 g/mol. The van der Waals surface area contributed by atoms with Gasteiger partial charge < -0.3 is 15.8 Å². The Morgan fingerprint density at radius 2 is 1.95 bits per heavy atom. The summed E-state index contributed by atoms with van der Waals surface area (Å²) < 4.78 is 4.93. The van der Waals surface area contributed by atoms with Gasteiger partial charge in [-0.05, 0) is 20.8 Å².